The molecule has 4 bridgehead atoms. The molecule has 0 saturated heterocycles. The van der Waals surface area contributed by atoms with E-state index in [4.69, 9.17) is 0 Å². The SMILES string of the molecule is C=C1C(=C)[C@@H]2CC[C@H]1[C@@H]1[C@H]2[C@@H]2C[C@H]1c1cc([N+](C)(C)C)ccc12.[I-]. The van der Waals surface area contributed by atoms with E-state index in [1.165, 1.54) is 36.1 Å². The average Bonchev–Trinajstić information content (AvgIpc) is 3.08. The smallest absolute Gasteiger partial charge is 0.132 e. The van der Waals surface area contributed by atoms with E-state index in [0.717, 1.165) is 34.1 Å². The van der Waals surface area contributed by atoms with E-state index in [2.05, 4.69) is 52.5 Å². The van der Waals surface area contributed by atoms with Crippen LogP contribution in [-0.4, -0.2) is 21.1 Å². The topological polar surface area (TPSA) is 0 Å². The van der Waals surface area contributed by atoms with Crippen LogP contribution in [0.5, 0.6) is 0 Å². The van der Waals surface area contributed by atoms with Gasteiger partial charge in [0, 0.05) is 6.07 Å². The summed E-state index contributed by atoms with van der Waals surface area (Å²) in [7, 11) is 6.81. The molecule has 0 aliphatic heterocycles. The molecule has 0 spiro atoms. The van der Waals surface area contributed by atoms with Crippen LogP contribution in [-0.2, 0) is 0 Å². The van der Waals surface area contributed by atoms with Gasteiger partial charge in [0.1, 0.15) is 5.69 Å². The molecule has 0 heterocycles. The highest BCUT2D eigenvalue weighted by atomic mass is 127. The van der Waals surface area contributed by atoms with E-state index in [1.807, 2.05) is 0 Å². The Morgan fingerprint density at radius 2 is 1.38 bits per heavy atom. The summed E-state index contributed by atoms with van der Waals surface area (Å²) >= 11 is 0. The molecule has 2 heteroatoms. The second-order valence-corrected chi connectivity index (χ2v) is 9.27. The predicted molar refractivity (Wildman–Crippen MR) is 97.6 cm³/mol. The summed E-state index contributed by atoms with van der Waals surface area (Å²) in [6, 6.07) is 7.34. The van der Waals surface area contributed by atoms with Gasteiger partial charge in [0.2, 0.25) is 0 Å². The second kappa shape index (κ2) is 5.20. The van der Waals surface area contributed by atoms with Crippen LogP contribution in [0.2, 0.25) is 0 Å². The van der Waals surface area contributed by atoms with Crippen LogP contribution < -0.4 is 28.5 Å². The number of hydrogen-bond acceptors (Lipinski definition) is 0. The Balaban J connectivity index is 0.00000146. The van der Waals surface area contributed by atoms with Gasteiger partial charge in [0.05, 0.1) is 21.1 Å². The van der Waals surface area contributed by atoms with Crippen molar-refractivity contribution < 1.29 is 24.0 Å². The van der Waals surface area contributed by atoms with Crippen molar-refractivity contribution in [3.8, 4) is 0 Å². The van der Waals surface area contributed by atoms with Crippen molar-refractivity contribution in [3.63, 3.8) is 0 Å². The number of halogens is 1. The fraction of sp³-hybridized carbons (Fsp3) is 0.545. The highest BCUT2D eigenvalue weighted by molar-refractivity contribution is 5.55. The quantitative estimate of drug-likeness (QED) is 0.469. The monoisotopic (exact) mass is 433 g/mol. The average molecular weight is 433 g/mol. The van der Waals surface area contributed by atoms with Crippen LogP contribution in [0.3, 0.4) is 0 Å². The molecule has 1 nitrogen and oxygen atoms in total. The standard InChI is InChI=1S/C22H28N.HI/c1-12-13(2)16-9-8-15(12)21-19-11-20(22(16)21)18-10-14(23(3,4)5)6-7-17(18)19;/h6-7,10,15-16,19-22H,1-2,8-9,11H2,3-5H3;1H/q+1;/p-1/t15-,16+,19+,20-,21+,22-;/m0./s1. The summed E-state index contributed by atoms with van der Waals surface area (Å²) in [6.07, 6.45) is 4.11. The number of hydrogen-bond donors (Lipinski definition) is 0. The Bertz CT molecular complexity index is 741. The van der Waals surface area contributed by atoms with Gasteiger partial charge in [-0.1, -0.05) is 19.2 Å². The van der Waals surface area contributed by atoms with Crippen molar-refractivity contribution in [1.82, 2.24) is 4.48 Å². The van der Waals surface area contributed by atoms with Crippen LogP contribution in [0.25, 0.3) is 0 Å². The molecule has 6 rings (SSSR count). The van der Waals surface area contributed by atoms with E-state index in [9.17, 15) is 0 Å². The van der Waals surface area contributed by atoms with E-state index in [1.54, 1.807) is 11.1 Å². The molecular weight excluding hydrogens is 405 g/mol. The molecular formula is C22H28IN. The highest BCUT2D eigenvalue weighted by Gasteiger charge is 2.60. The largest absolute Gasteiger partial charge is 1.00 e. The Morgan fingerprint density at radius 1 is 0.833 bits per heavy atom. The van der Waals surface area contributed by atoms with Crippen molar-refractivity contribution >= 4 is 5.69 Å². The fourth-order valence-electron chi connectivity index (χ4n) is 6.56. The zero-order valence-corrected chi connectivity index (χ0v) is 17.2. The Hall–Kier alpha value is -0.610. The first kappa shape index (κ1) is 16.8. The number of quaternary nitrogens is 1. The number of fused-ring (bicyclic) bond motifs is 7. The van der Waals surface area contributed by atoms with Gasteiger partial charge in [-0.2, -0.15) is 0 Å². The van der Waals surface area contributed by atoms with Crippen LogP contribution in [0, 0.1) is 23.7 Å². The first-order chi connectivity index (χ1) is 10.9. The summed E-state index contributed by atoms with van der Waals surface area (Å²) in [6.45, 7) is 8.85. The van der Waals surface area contributed by atoms with Gasteiger partial charge in [-0.3, -0.25) is 4.48 Å². The fourth-order valence-corrected chi connectivity index (χ4v) is 6.56. The maximum absolute atomic E-state index is 4.43. The van der Waals surface area contributed by atoms with E-state index < -0.39 is 0 Å². The Morgan fingerprint density at radius 3 is 1.92 bits per heavy atom. The first-order valence-corrected chi connectivity index (χ1v) is 9.21. The Kier molecular flexibility index (Phi) is 3.65. The summed E-state index contributed by atoms with van der Waals surface area (Å²) in [4.78, 5) is 0. The number of nitrogens with zero attached hydrogens (tertiary/aromatic N) is 1. The van der Waals surface area contributed by atoms with Crippen molar-refractivity contribution in [2.75, 3.05) is 21.1 Å². The molecule has 4 fully saturated rings. The van der Waals surface area contributed by atoms with Crippen LogP contribution in [0.1, 0.15) is 42.2 Å². The van der Waals surface area contributed by atoms with E-state index >= 15 is 0 Å². The van der Waals surface area contributed by atoms with Gasteiger partial charge in [0.15, 0.2) is 0 Å². The molecule has 128 valence electrons. The molecule has 4 saturated carbocycles. The lowest BCUT2D eigenvalue weighted by atomic mass is 9.51. The highest BCUT2D eigenvalue weighted by Crippen LogP contribution is 2.71. The lowest BCUT2D eigenvalue weighted by Gasteiger charge is -2.53. The van der Waals surface area contributed by atoms with Gasteiger partial charge < -0.3 is 24.0 Å². The van der Waals surface area contributed by atoms with Gasteiger partial charge in [0.25, 0.3) is 0 Å². The molecule has 5 aliphatic rings. The molecule has 0 amide bonds. The summed E-state index contributed by atoms with van der Waals surface area (Å²) in [5, 5.41) is 0. The predicted octanol–water partition coefficient (Wildman–Crippen LogP) is 1.86. The van der Waals surface area contributed by atoms with E-state index in [-0.39, 0.29) is 24.0 Å². The van der Waals surface area contributed by atoms with Gasteiger partial charge >= 0.3 is 0 Å². The normalized spacial score (nSPS) is 38.8. The maximum Gasteiger partial charge on any atom is 0.132 e. The molecule has 5 aliphatic carbocycles. The summed E-state index contributed by atoms with van der Waals surface area (Å²) < 4.78 is 0.911. The lowest BCUT2D eigenvalue weighted by Crippen LogP contribution is -3.00. The minimum atomic E-state index is 0. The molecule has 0 unspecified atom stereocenters. The third-order valence-corrected chi connectivity index (χ3v) is 7.55. The molecule has 1 aromatic carbocycles. The van der Waals surface area contributed by atoms with Gasteiger partial charge in [-0.15, -0.1) is 0 Å². The Labute approximate surface area is 163 Å². The van der Waals surface area contributed by atoms with Gasteiger partial charge in [-0.25, -0.2) is 0 Å². The number of benzene rings is 1. The maximum atomic E-state index is 4.43. The van der Waals surface area contributed by atoms with Gasteiger partial charge in [-0.05, 0) is 83.1 Å². The molecule has 1 aromatic rings. The van der Waals surface area contributed by atoms with Crippen molar-refractivity contribution in [1.29, 1.82) is 0 Å². The van der Waals surface area contributed by atoms with Crippen LogP contribution in [0.15, 0.2) is 42.5 Å². The van der Waals surface area contributed by atoms with Crippen molar-refractivity contribution in [2.24, 2.45) is 23.7 Å². The van der Waals surface area contributed by atoms with Crippen LogP contribution >= 0.6 is 0 Å². The second-order valence-electron chi connectivity index (χ2n) is 9.27. The summed E-state index contributed by atoms with van der Waals surface area (Å²) in [5.74, 6) is 4.72. The molecule has 0 radical (unpaired) electrons. The minimum absolute atomic E-state index is 0. The molecule has 24 heavy (non-hydrogen) atoms. The number of allylic oxidation sites excluding steroid dienone is 2. The lowest BCUT2D eigenvalue weighted by molar-refractivity contribution is -0.00000485. The third kappa shape index (κ3) is 1.96. The summed E-state index contributed by atoms with van der Waals surface area (Å²) in [5.41, 5.74) is 7.59. The molecule has 0 N–H and O–H groups in total. The van der Waals surface area contributed by atoms with Crippen LogP contribution in [0.4, 0.5) is 5.69 Å². The molecule has 0 aromatic heterocycles. The number of rotatable bonds is 1. The third-order valence-electron chi connectivity index (χ3n) is 7.55. The van der Waals surface area contributed by atoms with E-state index in [0.29, 0.717) is 5.92 Å². The zero-order chi connectivity index (χ0) is 16.1. The minimum Gasteiger partial charge on any atom is -1.00 e. The van der Waals surface area contributed by atoms with Crippen molar-refractivity contribution in [2.45, 2.75) is 31.1 Å². The first-order valence-electron chi connectivity index (χ1n) is 9.21. The molecule has 6 atom stereocenters. The zero-order valence-electron chi connectivity index (χ0n) is 15.1. The van der Waals surface area contributed by atoms with Crippen molar-refractivity contribution in [3.05, 3.63) is 53.6 Å².